The standard InChI is InChI=1S/C10H12N4O2S/c1-7-6-17-10(16)14(7)5-9(15)11-2-8-3-12-13-4-8/h3-4,6H,2,5H2,1H3,(H,11,15)(H,12,13). The highest BCUT2D eigenvalue weighted by Gasteiger charge is 2.08. The fraction of sp³-hybridized carbons (Fsp3) is 0.300. The average molecular weight is 252 g/mol. The van der Waals surface area contributed by atoms with Crippen LogP contribution in [0, 0.1) is 6.92 Å². The number of hydrogen-bond donors (Lipinski definition) is 2. The Balaban J connectivity index is 1.92. The van der Waals surface area contributed by atoms with Gasteiger partial charge in [-0.05, 0) is 6.92 Å². The number of H-pyrrole nitrogens is 1. The predicted octanol–water partition coefficient (Wildman–Crippen LogP) is 0.258. The normalized spacial score (nSPS) is 10.4. The van der Waals surface area contributed by atoms with E-state index in [0.29, 0.717) is 6.54 Å². The van der Waals surface area contributed by atoms with E-state index >= 15 is 0 Å². The molecule has 0 atom stereocenters. The largest absolute Gasteiger partial charge is 0.350 e. The Morgan fingerprint density at radius 1 is 1.65 bits per heavy atom. The summed E-state index contributed by atoms with van der Waals surface area (Å²) in [5.41, 5.74) is 1.70. The second kappa shape index (κ2) is 4.96. The number of amides is 1. The predicted molar refractivity (Wildman–Crippen MR) is 63.8 cm³/mol. The number of aryl methyl sites for hydroxylation is 1. The van der Waals surface area contributed by atoms with Crippen molar-refractivity contribution in [1.29, 1.82) is 0 Å². The van der Waals surface area contributed by atoms with Crippen LogP contribution < -0.4 is 10.2 Å². The van der Waals surface area contributed by atoms with Crippen molar-refractivity contribution in [3.63, 3.8) is 0 Å². The molecule has 0 aliphatic rings. The number of rotatable bonds is 4. The van der Waals surface area contributed by atoms with Crippen LogP contribution in [0.25, 0.3) is 0 Å². The summed E-state index contributed by atoms with van der Waals surface area (Å²) in [5.74, 6) is -0.185. The Kier molecular flexibility index (Phi) is 3.38. The van der Waals surface area contributed by atoms with E-state index in [1.807, 2.05) is 0 Å². The molecule has 2 N–H and O–H groups in total. The lowest BCUT2D eigenvalue weighted by Gasteiger charge is -2.05. The molecule has 0 aromatic carbocycles. The van der Waals surface area contributed by atoms with Crippen LogP contribution in [-0.2, 0) is 17.9 Å². The molecule has 0 fully saturated rings. The summed E-state index contributed by atoms with van der Waals surface area (Å²) in [6.45, 7) is 2.28. The van der Waals surface area contributed by atoms with Crippen LogP contribution in [0.4, 0.5) is 0 Å². The summed E-state index contributed by atoms with van der Waals surface area (Å²) >= 11 is 1.10. The van der Waals surface area contributed by atoms with Gasteiger partial charge in [-0.2, -0.15) is 5.10 Å². The van der Waals surface area contributed by atoms with Crippen molar-refractivity contribution in [2.45, 2.75) is 20.0 Å². The Hall–Kier alpha value is -1.89. The minimum atomic E-state index is -0.185. The monoisotopic (exact) mass is 252 g/mol. The first-order valence-electron chi connectivity index (χ1n) is 5.06. The number of hydrogen-bond acceptors (Lipinski definition) is 4. The summed E-state index contributed by atoms with van der Waals surface area (Å²) in [6, 6.07) is 0. The Morgan fingerprint density at radius 3 is 3.06 bits per heavy atom. The van der Waals surface area contributed by atoms with E-state index in [4.69, 9.17) is 0 Å². The quantitative estimate of drug-likeness (QED) is 0.819. The second-order valence-electron chi connectivity index (χ2n) is 3.61. The average Bonchev–Trinajstić information content (AvgIpc) is 2.91. The van der Waals surface area contributed by atoms with Crippen LogP contribution in [0.1, 0.15) is 11.3 Å². The van der Waals surface area contributed by atoms with E-state index in [0.717, 1.165) is 22.6 Å². The minimum absolute atomic E-state index is 0.0615. The van der Waals surface area contributed by atoms with Crippen molar-refractivity contribution in [1.82, 2.24) is 20.1 Å². The van der Waals surface area contributed by atoms with Crippen molar-refractivity contribution in [3.05, 3.63) is 38.7 Å². The molecule has 0 bridgehead atoms. The minimum Gasteiger partial charge on any atom is -0.350 e. The van der Waals surface area contributed by atoms with Gasteiger partial charge in [0.2, 0.25) is 5.91 Å². The first kappa shape index (κ1) is 11.6. The maximum Gasteiger partial charge on any atom is 0.307 e. The van der Waals surface area contributed by atoms with Gasteiger partial charge in [0, 0.05) is 29.4 Å². The Labute approximate surface area is 101 Å². The summed E-state index contributed by atoms with van der Waals surface area (Å²) in [7, 11) is 0. The van der Waals surface area contributed by atoms with Crippen LogP contribution in [0.5, 0.6) is 0 Å². The number of nitrogens with zero attached hydrogens (tertiary/aromatic N) is 2. The number of aromatic amines is 1. The van der Waals surface area contributed by atoms with Gasteiger partial charge in [-0.3, -0.25) is 19.3 Å². The molecule has 7 heteroatoms. The van der Waals surface area contributed by atoms with E-state index < -0.39 is 0 Å². The highest BCUT2D eigenvalue weighted by Crippen LogP contribution is 1.99. The van der Waals surface area contributed by atoms with Gasteiger partial charge in [-0.1, -0.05) is 11.3 Å². The fourth-order valence-corrected chi connectivity index (χ4v) is 2.11. The molecular weight excluding hydrogens is 240 g/mol. The van der Waals surface area contributed by atoms with Gasteiger partial charge >= 0.3 is 4.87 Å². The maximum absolute atomic E-state index is 11.6. The van der Waals surface area contributed by atoms with Crippen molar-refractivity contribution < 1.29 is 4.79 Å². The number of carbonyl (C=O) groups is 1. The molecule has 2 rings (SSSR count). The number of nitrogens with one attached hydrogen (secondary N) is 2. The Morgan fingerprint density at radius 2 is 2.47 bits per heavy atom. The lowest BCUT2D eigenvalue weighted by Crippen LogP contribution is -2.30. The summed E-state index contributed by atoms with van der Waals surface area (Å²) in [4.78, 5) is 22.9. The van der Waals surface area contributed by atoms with Gasteiger partial charge in [0.15, 0.2) is 0 Å². The third-order valence-electron chi connectivity index (χ3n) is 2.32. The molecule has 90 valence electrons. The number of carbonyl (C=O) groups excluding carboxylic acids is 1. The molecular formula is C10H12N4O2S. The van der Waals surface area contributed by atoms with Gasteiger partial charge in [0.05, 0.1) is 6.20 Å². The van der Waals surface area contributed by atoms with Crippen LogP contribution >= 0.6 is 11.3 Å². The lowest BCUT2D eigenvalue weighted by atomic mass is 10.3. The molecule has 17 heavy (non-hydrogen) atoms. The maximum atomic E-state index is 11.6. The fourth-order valence-electron chi connectivity index (χ4n) is 1.37. The third-order valence-corrected chi connectivity index (χ3v) is 3.20. The van der Waals surface area contributed by atoms with Gasteiger partial charge in [-0.25, -0.2) is 0 Å². The van der Waals surface area contributed by atoms with E-state index in [1.165, 1.54) is 4.57 Å². The van der Waals surface area contributed by atoms with E-state index in [1.54, 1.807) is 24.7 Å². The number of aromatic nitrogens is 3. The molecule has 0 spiro atoms. The zero-order chi connectivity index (χ0) is 12.3. The van der Waals surface area contributed by atoms with Crippen LogP contribution in [0.2, 0.25) is 0 Å². The van der Waals surface area contributed by atoms with E-state index in [2.05, 4.69) is 15.5 Å². The SMILES string of the molecule is Cc1csc(=O)n1CC(=O)NCc1cn[nH]c1. The summed E-state index contributed by atoms with van der Waals surface area (Å²) in [6.07, 6.45) is 3.35. The molecule has 1 amide bonds. The molecule has 0 radical (unpaired) electrons. The molecule has 0 saturated carbocycles. The molecule has 2 heterocycles. The van der Waals surface area contributed by atoms with Crippen molar-refractivity contribution in [2.75, 3.05) is 0 Å². The second-order valence-corrected chi connectivity index (χ2v) is 4.43. The molecule has 2 aromatic heterocycles. The summed E-state index contributed by atoms with van der Waals surface area (Å²) < 4.78 is 1.45. The zero-order valence-corrected chi connectivity index (χ0v) is 10.1. The van der Waals surface area contributed by atoms with Gasteiger partial charge < -0.3 is 5.32 Å². The van der Waals surface area contributed by atoms with Crippen LogP contribution in [0.3, 0.4) is 0 Å². The molecule has 0 saturated heterocycles. The highest BCUT2D eigenvalue weighted by atomic mass is 32.1. The molecule has 2 aromatic rings. The molecule has 0 unspecified atom stereocenters. The van der Waals surface area contributed by atoms with Gasteiger partial charge in [0.25, 0.3) is 0 Å². The van der Waals surface area contributed by atoms with Gasteiger partial charge in [0.1, 0.15) is 6.54 Å². The van der Waals surface area contributed by atoms with Gasteiger partial charge in [-0.15, -0.1) is 0 Å². The highest BCUT2D eigenvalue weighted by molar-refractivity contribution is 7.07. The van der Waals surface area contributed by atoms with Crippen molar-refractivity contribution >= 4 is 17.2 Å². The van der Waals surface area contributed by atoms with E-state index in [9.17, 15) is 9.59 Å². The number of thiazole rings is 1. The van der Waals surface area contributed by atoms with Crippen LogP contribution in [-0.4, -0.2) is 20.7 Å². The smallest absolute Gasteiger partial charge is 0.307 e. The molecule has 0 aliphatic heterocycles. The van der Waals surface area contributed by atoms with Crippen molar-refractivity contribution in [3.8, 4) is 0 Å². The first-order chi connectivity index (χ1) is 8.16. The molecule has 0 aliphatic carbocycles. The van der Waals surface area contributed by atoms with E-state index in [-0.39, 0.29) is 17.3 Å². The van der Waals surface area contributed by atoms with Crippen LogP contribution in [0.15, 0.2) is 22.6 Å². The third kappa shape index (κ3) is 2.82. The topological polar surface area (TPSA) is 79.8 Å². The lowest BCUT2D eigenvalue weighted by molar-refractivity contribution is -0.121. The molecule has 6 nitrogen and oxygen atoms in total. The van der Waals surface area contributed by atoms with Crippen molar-refractivity contribution in [2.24, 2.45) is 0 Å². The zero-order valence-electron chi connectivity index (χ0n) is 9.27. The Bertz CT molecular complexity index is 555. The first-order valence-corrected chi connectivity index (χ1v) is 5.94. The summed E-state index contributed by atoms with van der Waals surface area (Å²) in [5, 5.41) is 10.9.